The fourth-order valence-corrected chi connectivity index (χ4v) is 5.86. The minimum atomic E-state index is -0.0438. The maximum Gasteiger partial charge on any atom is 0.146 e. The van der Waals surface area contributed by atoms with Gasteiger partial charge in [-0.3, -0.25) is 0 Å². The largest absolute Gasteiger partial charge is 0.325 e. The van der Waals surface area contributed by atoms with Crippen LogP contribution in [0.5, 0.6) is 0 Å². The van der Waals surface area contributed by atoms with Gasteiger partial charge < -0.3 is 5.32 Å². The van der Waals surface area contributed by atoms with Gasteiger partial charge in [0, 0.05) is 34.4 Å². The lowest BCUT2D eigenvalue weighted by Crippen LogP contribution is -2.99. The molecular weight excluding hydrogens is 280 g/mol. The summed E-state index contributed by atoms with van der Waals surface area (Å²) in [5.41, 5.74) is 5.84. The highest BCUT2D eigenvalue weighted by molar-refractivity contribution is 5.56. The van der Waals surface area contributed by atoms with Crippen LogP contribution in [0.3, 0.4) is 0 Å². The molecule has 1 aliphatic heterocycles. The van der Waals surface area contributed by atoms with Crippen molar-refractivity contribution >= 4 is 0 Å². The van der Waals surface area contributed by atoms with Gasteiger partial charge in [0.25, 0.3) is 0 Å². The molecule has 5 rings (SSSR count). The summed E-state index contributed by atoms with van der Waals surface area (Å²) in [6.07, 6.45) is 1.77. The molecule has 0 aromatic heterocycles. The van der Waals surface area contributed by atoms with Gasteiger partial charge in [-0.15, -0.1) is 0 Å². The third-order valence-corrected chi connectivity index (χ3v) is 6.87. The molecule has 1 fully saturated rings. The molecule has 114 valence electrons. The molecule has 2 aliphatic carbocycles. The number of fused-ring (bicyclic) bond motifs is 5. The van der Waals surface area contributed by atoms with Gasteiger partial charge >= 0.3 is 0 Å². The van der Waals surface area contributed by atoms with Crippen molar-refractivity contribution in [3.05, 3.63) is 70.8 Å². The van der Waals surface area contributed by atoms with E-state index in [1.165, 1.54) is 22.3 Å². The van der Waals surface area contributed by atoms with E-state index in [2.05, 4.69) is 73.8 Å². The Kier molecular flexibility index (Phi) is 2.24. The van der Waals surface area contributed by atoms with E-state index < -0.39 is 0 Å². The minimum Gasteiger partial charge on any atom is -0.325 e. The van der Waals surface area contributed by atoms with Crippen molar-refractivity contribution in [1.29, 1.82) is 5.26 Å². The molecule has 0 spiro atoms. The van der Waals surface area contributed by atoms with Crippen LogP contribution in [0.1, 0.15) is 48.9 Å². The second-order valence-corrected chi connectivity index (χ2v) is 7.97. The predicted octanol–water partition coefficient (Wildman–Crippen LogP) is 2.93. The average Bonchev–Trinajstić information content (AvgIpc) is 3.26. The van der Waals surface area contributed by atoms with Crippen molar-refractivity contribution in [1.82, 2.24) is 0 Å². The predicted molar refractivity (Wildman–Crippen MR) is 88.6 cm³/mol. The molecule has 2 aromatic carbocycles. The quantitative estimate of drug-likeness (QED) is 0.864. The summed E-state index contributed by atoms with van der Waals surface area (Å²) in [4.78, 5) is 0. The summed E-state index contributed by atoms with van der Waals surface area (Å²) in [6, 6.07) is 20.3. The maximum absolute atomic E-state index is 9.48. The molecule has 2 N–H and O–H groups in total. The molecule has 1 heterocycles. The van der Waals surface area contributed by atoms with Crippen LogP contribution in [0, 0.1) is 17.2 Å². The van der Waals surface area contributed by atoms with E-state index in [1.54, 1.807) is 0 Å². The van der Waals surface area contributed by atoms with Crippen LogP contribution in [0.4, 0.5) is 0 Å². The van der Waals surface area contributed by atoms with Crippen molar-refractivity contribution < 1.29 is 5.32 Å². The molecule has 1 saturated carbocycles. The van der Waals surface area contributed by atoms with E-state index in [0.717, 1.165) is 6.42 Å². The first kappa shape index (κ1) is 13.3. The highest BCUT2D eigenvalue weighted by Gasteiger charge is 2.72. The second kappa shape index (κ2) is 3.86. The van der Waals surface area contributed by atoms with E-state index in [1.807, 2.05) is 0 Å². The van der Waals surface area contributed by atoms with Crippen molar-refractivity contribution in [3.8, 4) is 6.07 Å². The molecule has 0 radical (unpaired) electrons. The second-order valence-electron chi connectivity index (χ2n) is 7.97. The molecule has 2 bridgehead atoms. The molecular formula is C21H21N2+. The van der Waals surface area contributed by atoms with Crippen LogP contribution in [-0.2, 0) is 16.5 Å². The van der Waals surface area contributed by atoms with Gasteiger partial charge in [-0.2, -0.15) is 5.26 Å². The zero-order valence-corrected chi connectivity index (χ0v) is 13.6. The number of hydrogen-bond donors (Lipinski definition) is 1. The highest BCUT2D eigenvalue weighted by Crippen LogP contribution is 2.67. The Morgan fingerprint density at radius 1 is 1.00 bits per heavy atom. The maximum atomic E-state index is 9.48. The molecule has 2 aromatic rings. The number of nitriles is 1. The number of hydrogen-bond acceptors (Lipinski definition) is 1. The fourth-order valence-electron chi connectivity index (χ4n) is 5.86. The van der Waals surface area contributed by atoms with Crippen LogP contribution in [0.2, 0.25) is 0 Å². The standard InChI is InChI=1S/C21H20N2/c1-19-14-7-3-4-8-15(14)20(2,23-19)18-13-21(18,11-12-22)17-10-6-5-9-16(17)19/h3-10,18,23H,11,13H2,1-2H3/p+1. The fraction of sp³-hybridized carbons (Fsp3) is 0.381. The first-order valence-electron chi connectivity index (χ1n) is 8.50. The van der Waals surface area contributed by atoms with E-state index in [0.29, 0.717) is 12.3 Å². The molecule has 0 saturated heterocycles. The highest BCUT2D eigenvalue weighted by atomic mass is 15.1. The minimum absolute atomic E-state index is 0.0438. The Hall–Kier alpha value is -2.11. The van der Waals surface area contributed by atoms with Crippen molar-refractivity contribution in [2.24, 2.45) is 5.92 Å². The third-order valence-electron chi connectivity index (χ3n) is 6.87. The summed E-state index contributed by atoms with van der Waals surface area (Å²) in [7, 11) is 0. The number of benzene rings is 2. The van der Waals surface area contributed by atoms with Crippen LogP contribution < -0.4 is 5.32 Å². The Bertz CT molecular complexity index is 879. The summed E-state index contributed by atoms with van der Waals surface area (Å²) in [5.74, 6) is 0.543. The number of quaternary nitrogens is 1. The van der Waals surface area contributed by atoms with E-state index >= 15 is 0 Å². The van der Waals surface area contributed by atoms with Gasteiger partial charge in [0.15, 0.2) is 0 Å². The van der Waals surface area contributed by atoms with Crippen LogP contribution in [0.15, 0.2) is 48.5 Å². The molecule has 23 heavy (non-hydrogen) atoms. The van der Waals surface area contributed by atoms with Crippen molar-refractivity contribution in [2.75, 3.05) is 0 Å². The Balaban J connectivity index is 1.88. The SMILES string of the molecule is CC12[NH2+]C(C)(c3ccccc31)C1CC1(CC#N)c1ccccc12. The number of nitrogens with two attached hydrogens (primary N) is 1. The van der Waals surface area contributed by atoms with Crippen LogP contribution in [-0.4, -0.2) is 0 Å². The third kappa shape index (κ3) is 1.34. The van der Waals surface area contributed by atoms with Crippen molar-refractivity contribution in [3.63, 3.8) is 0 Å². The van der Waals surface area contributed by atoms with Crippen LogP contribution in [0.25, 0.3) is 0 Å². The lowest BCUT2D eigenvalue weighted by Gasteiger charge is -2.28. The summed E-state index contributed by atoms with van der Waals surface area (Å²) in [6.45, 7) is 4.76. The Labute approximate surface area is 137 Å². The molecule has 2 nitrogen and oxygen atoms in total. The van der Waals surface area contributed by atoms with Gasteiger partial charge in [-0.25, -0.2) is 0 Å². The number of rotatable bonds is 1. The molecule has 4 unspecified atom stereocenters. The Morgan fingerprint density at radius 2 is 1.57 bits per heavy atom. The monoisotopic (exact) mass is 301 g/mol. The van der Waals surface area contributed by atoms with E-state index in [4.69, 9.17) is 0 Å². The molecule has 2 heteroatoms. The zero-order chi connectivity index (χ0) is 15.9. The van der Waals surface area contributed by atoms with Gasteiger partial charge in [-0.05, 0) is 25.8 Å². The van der Waals surface area contributed by atoms with E-state index in [9.17, 15) is 5.26 Å². The summed E-state index contributed by atoms with van der Waals surface area (Å²) >= 11 is 0. The lowest BCUT2D eigenvalue weighted by molar-refractivity contribution is -0.784. The van der Waals surface area contributed by atoms with Gasteiger partial charge in [-0.1, -0.05) is 48.5 Å². The average molecular weight is 301 g/mol. The van der Waals surface area contributed by atoms with E-state index in [-0.39, 0.29) is 16.5 Å². The first-order valence-corrected chi connectivity index (χ1v) is 8.50. The first-order chi connectivity index (χ1) is 11.1. The molecule has 0 amide bonds. The normalized spacial score (nSPS) is 38.7. The Morgan fingerprint density at radius 3 is 2.22 bits per heavy atom. The van der Waals surface area contributed by atoms with Crippen molar-refractivity contribution in [2.45, 2.75) is 43.2 Å². The summed E-state index contributed by atoms with van der Waals surface area (Å²) < 4.78 is 0. The number of nitrogens with zero attached hydrogens (tertiary/aromatic N) is 1. The summed E-state index contributed by atoms with van der Waals surface area (Å²) in [5, 5.41) is 12.1. The van der Waals surface area contributed by atoms with Gasteiger partial charge in [0.05, 0.1) is 6.07 Å². The van der Waals surface area contributed by atoms with Gasteiger partial charge in [0.1, 0.15) is 11.1 Å². The lowest BCUT2D eigenvalue weighted by atomic mass is 9.73. The molecule has 4 atom stereocenters. The molecule has 3 aliphatic rings. The zero-order valence-electron chi connectivity index (χ0n) is 13.6. The van der Waals surface area contributed by atoms with Crippen LogP contribution >= 0.6 is 0 Å². The van der Waals surface area contributed by atoms with Gasteiger partial charge in [0.2, 0.25) is 0 Å². The smallest absolute Gasteiger partial charge is 0.146 e. The topological polar surface area (TPSA) is 40.4 Å².